The molecular formula is C14H18F3NO2. The summed E-state index contributed by atoms with van der Waals surface area (Å²) in [6.45, 7) is 3.03. The molecule has 2 atom stereocenters. The molecule has 1 aromatic carbocycles. The molecule has 1 heterocycles. The molecule has 0 saturated carbocycles. The lowest BCUT2D eigenvalue weighted by Gasteiger charge is -2.24. The minimum atomic E-state index is -4.31. The number of aliphatic hydroxyl groups is 1. The molecule has 1 aliphatic heterocycles. The zero-order chi connectivity index (χ0) is 14.8. The van der Waals surface area contributed by atoms with Crippen LogP contribution >= 0.6 is 0 Å². The number of hydrogen-bond acceptors (Lipinski definition) is 3. The van der Waals surface area contributed by atoms with E-state index in [1.165, 1.54) is 12.1 Å². The molecule has 0 bridgehead atoms. The van der Waals surface area contributed by atoms with Gasteiger partial charge in [-0.15, -0.1) is 0 Å². The highest BCUT2D eigenvalue weighted by atomic mass is 19.4. The Kier molecular flexibility index (Phi) is 4.36. The summed E-state index contributed by atoms with van der Waals surface area (Å²) < 4.78 is 42.5. The van der Waals surface area contributed by atoms with Gasteiger partial charge in [-0.1, -0.05) is 12.1 Å². The fraction of sp³-hybridized carbons (Fsp3) is 0.571. The van der Waals surface area contributed by atoms with E-state index in [0.717, 1.165) is 17.7 Å². The van der Waals surface area contributed by atoms with Gasteiger partial charge in [-0.3, -0.25) is 0 Å². The van der Waals surface area contributed by atoms with Gasteiger partial charge in [0.2, 0.25) is 0 Å². The van der Waals surface area contributed by atoms with Gasteiger partial charge >= 0.3 is 6.18 Å². The second-order valence-corrected chi connectivity index (χ2v) is 5.25. The topological polar surface area (TPSA) is 41.5 Å². The highest BCUT2D eigenvalue weighted by molar-refractivity contribution is 5.26. The molecule has 2 rings (SSSR count). The summed E-state index contributed by atoms with van der Waals surface area (Å²) in [7, 11) is 0. The summed E-state index contributed by atoms with van der Waals surface area (Å²) >= 11 is 0. The normalized spacial score (nSPS) is 24.9. The number of alkyl halides is 3. The fourth-order valence-corrected chi connectivity index (χ4v) is 2.16. The predicted octanol–water partition coefficient (Wildman–Crippen LogP) is 2.51. The van der Waals surface area contributed by atoms with Crippen molar-refractivity contribution >= 4 is 0 Å². The molecule has 112 valence electrons. The molecule has 1 saturated heterocycles. The van der Waals surface area contributed by atoms with Crippen LogP contribution in [0.3, 0.4) is 0 Å². The smallest absolute Gasteiger partial charge is 0.386 e. The van der Waals surface area contributed by atoms with Crippen molar-refractivity contribution in [3.63, 3.8) is 0 Å². The molecule has 3 nitrogen and oxygen atoms in total. The third kappa shape index (κ3) is 3.71. The van der Waals surface area contributed by atoms with Crippen molar-refractivity contribution in [3.05, 3.63) is 35.4 Å². The van der Waals surface area contributed by atoms with Gasteiger partial charge in [-0.25, -0.2) is 0 Å². The van der Waals surface area contributed by atoms with Gasteiger partial charge in [-0.2, -0.15) is 13.2 Å². The summed E-state index contributed by atoms with van der Waals surface area (Å²) in [5, 5.41) is 13.2. The van der Waals surface area contributed by atoms with Crippen molar-refractivity contribution in [3.8, 4) is 0 Å². The Balaban J connectivity index is 1.94. The first kappa shape index (κ1) is 15.3. The molecule has 0 radical (unpaired) electrons. The van der Waals surface area contributed by atoms with E-state index < -0.39 is 17.3 Å². The zero-order valence-corrected chi connectivity index (χ0v) is 11.2. The number of halogens is 3. The minimum Gasteiger partial charge on any atom is -0.386 e. The Morgan fingerprint density at radius 2 is 2.00 bits per heavy atom. The highest BCUT2D eigenvalue weighted by Crippen LogP contribution is 2.30. The Bertz CT molecular complexity index is 439. The third-order valence-electron chi connectivity index (χ3n) is 3.56. The van der Waals surface area contributed by atoms with E-state index >= 15 is 0 Å². The number of benzene rings is 1. The van der Waals surface area contributed by atoms with E-state index in [2.05, 4.69) is 5.32 Å². The van der Waals surface area contributed by atoms with Crippen LogP contribution in [0.25, 0.3) is 0 Å². The SMILES string of the molecule is CC(NCC1(O)CCOC1)c1ccc(C(F)(F)F)cc1. The molecular weight excluding hydrogens is 271 g/mol. The predicted molar refractivity (Wildman–Crippen MR) is 68.2 cm³/mol. The lowest BCUT2D eigenvalue weighted by molar-refractivity contribution is -0.137. The van der Waals surface area contributed by atoms with Crippen LogP contribution in [0.1, 0.15) is 30.5 Å². The van der Waals surface area contributed by atoms with E-state index in [9.17, 15) is 18.3 Å². The number of rotatable bonds is 4. The Hall–Kier alpha value is -1.11. The van der Waals surface area contributed by atoms with E-state index in [1.54, 1.807) is 0 Å². The van der Waals surface area contributed by atoms with Gasteiger partial charge in [0.05, 0.1) is 12.2 Å². The first-order valence-electron chi connectivity index (χ1n) is 6.51. The van der Waals surface area contributed by atoms with Gasteiger partial charge < -0.3 is 15.2 Å². The van der Waals surface area contributed by atoms with Crippen LogP contribution in [-0.4, -0.2) is 30.5 Å². The average molecular weight is 289 g/mol. The molecule has 1 aromatic rings. The average Bonchev–Trinajstić information content (AvgIpc) is 2.83. The molecule has 0 aromatic heterocycles. The summed E-state index contributed by atoms with van der Waals surface area (Å²) in [5.41, 5.74) is -0.781. The summed E-state index contributed by atoms with van der Waals surface area (Å²) in [5.74, 6) is 0. The van der Waals surface area contributed by atoms with Crippen LogP contribution < -0.4 is 5.32 Å². The number of ether oxygens (including phenoxy) is 1. The molecule has 0 spiro atoms. The largest absolute Gasteiger partial charge is 0.416 e. The minimum absolute atomic E-state index is 0.137. The van der Waals surface area contributed by atoms with Crippen LogP contribution in [0.4, 0.5) is 13.2 Å². The van der Waals surface area contributed by atoms with E-state index in [-0.39, 0.29) is 6.04 Å². The molecule has 0 aliphatic carbocycles. The van der Waals surface area contributed by atoms with E-state index in [4.69, 9.17) is 4.74 Å². The van der Waals surface area contributed by atoms with Crippen molar-refractivity contribution in [2.75, 3.05) is 19.8 Å². The first-order chi connectivity index (χ1) is 9.30. The molecule has 2 N–H and O–H groups in total. The van der Waals surface area contributed by atoms with Crippen molar-refractivity contribution < 1.29 is 23.0 Å². The van der Waals surface area contributed by atoms with Gasteiger partial charge in [0.25, 0.3) is 0 Å². The summed E-state index contributed by atoms with van der Waals surface area (Å²) in [6, 6.07) is 4.91. The van der Waals surface area contributed by atoms with Gasteiger partial charge in [0.15, 0.2) is 0 Å². The Morgan fingerprint density at radius 1 is 1.35 bits per heavy atom. The van der Waals surface area contributed by atoms with Crippen molar-refractivity contribution in [2.45, 2.75) is 31.2 Å². The van der Waals surface area contributed by atoms with Crippen LogP contribution in [0.5, 0.6) is 0 Å². The second kappa shape index (κ2) is 5.71. The van der Waals surface area contributed by atoms with Crippen molar-refractivity contribution in [1.29, 1.82) is 0 Å². The number of nitrogens with one attached hydrogen (secondary N) is 1. The quantitative estimate of drug-likeness (QED) is 0.895. The fourth-order valence-electron chi connectivity index (χ4n) is 2.16. The van der Waals surface area contributed by atoms with Crippen LogP contribution in [0, 0.1) is 0 Å². The lowest BCUT2D eigenvalue weighted by Crippen LogP contribution is -2.41. The first-order valence-corrected chi connectivity index (χ1v) is 6.51. The standard InChI is InChI=1S/C14H18F3NO2/c1-10(18-8-13(19)6-7-20-9-13)11-2-4-12(5-3-11)14(15,16)17/h2-5,10,18-19H,6-9H2,1H3. The molecule has 0 amide bonds. The van der Waals surface area contributed by atoms with Crippen LogP contribution in [0.2, 0.25) is 0 Å². The van der Waals surface area contributed by atoms with Crippen molar-refractivity contribution in [2.24, 2.45) is 0 Å². The second-order valence-electron chi connectivity index (χ2n) is 5.25. The van der Waals surface area contributed by atoms with Gasteiger partial charge in [-0.05, 0) is 24.6 Å². The number of hydrogen-bond donors (Lipinski definition) is 2. The van der Waals surface area contributed by atoms with E-state index in [1.807, 2.05) is 6.92 Å². The molecule has 2 unspecified atom stereocenters. The van der Waals surface area contributed by atoms with Crippen molar-refractivity contribution in [1.82, 2.24) is 5.32 Å². The summed E-state index contributed by atoms with van der Waals surface area (Å²) in [6.07, 6.45) is -3.74. The molecule has 1 fully saturated rings. The van der Waals surface area contributed by atoms with Crippen LogP contribution in [-0.2, 0) is 10.9 Å². The van der Waals surface area contributed by atoms with Gasteiger partial charge in [0, 0.05) is 25.6 Å². The van der Waals surface area contributed by atoms with Gasteiger partial charge in [0.1, 0.15) is 5.60 Å². The zero-order valence-electron chi connectivity index (χ0n) is 11.2. The Labute approximate surface area is 115 Å². The Morgan fingerprint density at radius 3 is 2.50 bits per heavy atom. The van der Waals surface area contributed by atoms with E-state index in [0.29, 0.717) is 26.2 Å². The van der Waals surface area contributed by atoms with Crippen LogP contribution in [0.15, 0.2) is 24.3 Å². The molecule has 1 aliphatic rings. The maximum absolute atomic E-state index is 12.5. The summed E-state index contributed by atoms with van der Waals surface area (Å²) in [4.78, 5) is 0. The maximum atomic E-state index is 12.5. The monoisotopic (exact) mass is 289 g/mol. The maximum Gasteiger partial charge on any atom is 0.416 e. The lowest BCUT2D eigenvalue weighted by atomic mass is 10.0. The molecule has 6 heteroatoms. The highest BCUT2D eigenvalue weighted by Gasteiger charge is 2.32. The molecule has 20 heavy (non-hydrogen) atoms. The third-order valence-corrected chi connectivity index (χ3v) is 3.56.